The third-order valence-electron chi connectivity index (χ3n) is 4.12. The van der Waals surface area contributed by atoms with Crippen LogP contribution in [0.3, 0.4) is 0 Å². The summed E-state index contributed by atoms with van der Waals surface area (Å²) in [7, 11) is 0. The Hall–Kier alpha value is -1.64. The largest absolute Gasteiger partial charge is 0.475 e. The van der Waals surface area contributed by atoms with Gasteiger partial charge < -0.3 is 5.11 Å². The molecule has 0 amide bonds. The fourth-order valence-corrected chi connectivity index (χ4v) is 2.82. The van der Waals surface area contributed by atoms with Gasteiger partial charge in [-0.15, -0.1) is 0 Å². The fraction of sp³-hybridized carbons (Fsp3) is 0.467. The first-order valence-corrected chi connectivity index (χ1v) is 6.30. The Labute approximate surface area is 107 Å². The van der Waals surface area contributed by atoms with Crippen LogP contribution in [0.25, 0.3) is 0 Å². The molecule has 1 aromatic carbocycles. The van der Waals surface area contributed by atoms with Crippen LogP contribution in [0.2, 0.25) is 0 Å². The monoisotopic (exact) mass is 246 g/mol. The van der Waals surface area contributed by atoms with E-state index in [1.165, 1.54) is 0 Å². The number of Topliss-reactive ketones (excluding diaryl/α,β-unsaturated/α-hetero) is 1. The molecule has 0 unspecified atom stereocenters. The number of carbonyl (C=O) groups is 2. The zero-order valence-corrected chi connectivity index (χ0v) is 10.7. The van der Waals surface area contributed by atoms with Gasteiger partial charge in [0.05, 0.1) is 5.41 Å². The number of rotatable bonds is 4. The van der Waals surface area contributed by atoms with Gasteiger partial charge in [0, 0.05) is 0 Å². The molecule has 0 spiro atoms. The van der Waals surface area contributed by atoms with Crippen LogP contribution < -0.4 is 0 Å². The Morgan fingerprint density at radius 3 is 2.22 bits per heavy atom. The van der Waals surface area contributed by atoms with Crippen molar-refractivity contribution < 1.29 is 14.7 Å². The summed E-state index contributed by atoms with van der Waals surface area (Å²) < 4.78 is 0. The lowest BCUT2D eigenvalue weighted by Gasteiger charge is -2.47. The van der Waals surface area contributed by atoms with Gasteiger partial charge in [0.1, 0.15) is 0 Å². The lowest BCUT2D eigenvalue weighted by molar-refractivity contribution is -0.155. The van der Waals surface area contributed by atoms with Gasteiger partial charge in [-0.2, -0.15) is 0 Å². The van der Waals surface area contributed by atoms with E-state index in [0.29, 0.717) is 24.7 Å². The highest BCUT2D eigenvalue weighted by Crippen LogP contribution is 2.51. The second-order valence-electron chi connectivity index (χ2n) is 5.49. The highest BCUT2D eigenvalue weighted by Gasteiger charge is 2.53. The summed E-state index contributed by atoms with van der Waals surface area (Å²) in [6.07, 6.45) is 1.31. The Morgan fingerprint density at radius 1 is 1.22 bits per heavy atom. The number of carboxylic acids is 1. The first kappa shape index (κ1) is 12.8. The molecule has 1 aliphatic carbocycles. The van der Waals surface area contributed by atoms with Crippen LogP contribution in [-0.2, 0) is 15.0 Å². The molecule has 96 valence electrons. The average Bonchev–Trinajstić information content (AvgIpc) is 2.28. The molecular formula is C15H18O3. The predicted octanol–water partition coefficient (Wildman–Crippen LogP) is 2.64. The van der Waals surface area contributed by atoms with E-state index < -0.39 is 17.2 Å². The normalized spacial score (nSPS) is 26.7. The van der Waals surface area contributed by atoms with E-state index in [4.69, 9.17) is 5.11 Å². The molecule has 0 heterocycles. The molecule has 1 saturated carbocycles. The molecule has 0 atom stereocenters. The quantitative estimate of drug-likeness (QED) is 0.831. The number of carbonyl (C=O) groups excluding carboxylic acids is 1. The second-order valence-corrected chi connectivity index (χ2v) is 5.49. The Balaban J connectivity index is 2.33. The van der Waals surface area contributed by atoms with Gasteiger partial charge in [-0.05, 0) is 30.2 Å². The number of benzene rings is 1. The van der Waals surface area contributed by atoms with Crippen LogP contribution >= 0.6 is 0 Å². The number of aliphatic carboxylic acids is 1. The fourth-order valence-electron chi connectivity index (χ4n) is 2.82. The van der Waals surface area contributed by atoms with Crippen LogP contribution in [0.1, 0.15) is 32.3 Å². The van der Waals surface area contributed by atoms with Gasteiger partial charge in [-0.1, -0.05) is 44.2 Å². The standard InChI is InChI=1S/C15H18O3/c1-10(2)11-8-15(9-11,13(16)14(17)18)12-6-4-3-5-7-12/h3-7,10-11H,8-9H2,1-2H3,(H,17,18). The molecule has 1 aliphatic rings. The van der Waals surface area contributed by atoms with Crippen LogP contribution in [-0.4, -0.2) is 16.9 Å². The van der Waals surface area contributed by atoms with E-state index in [9.17, 15) is 9.59 Å². The number of hydrogen-bond acceptors (Lipinski definition) is 2. The molecule has 18 heavy (non-hydrogen) atoms. The summed E-state index contributed by atoms with van der Waals surface area (Å²) in [6, 6.07) is 9.31. The van der Waals surface area contributed by atoms with Crippen LogP contribution in [0.15, 0.2) is 30.3 Å². The van der Waals surface area contributed by atoms with Crippen molar-refractivity contribution in [1.29, 1.82) is 0 Å². The van der Waals surface area contributed by atoms with Crippen LogP contribution in [0.4, 0.5) is 0 Å². The van der Waals surface area contributed by atoms with E-state index in [0.717, 1.165) is 5.56 Å². The van der Waals surface area contributed by atoms with Crippen molar-refractivity contribution in [3.8, 4) is 0 Å². The first-order chi connectivity index (χ1) is 8.47. The van der Waals surface area contributed by atoms with Gasteiger partial charge in [0.15, 0.2) is 0 Å². The minimum atomic E-state index is -1.32. The summed E-state index contributed by atoms with van der Waals surface area (Å²) in [4.78, 5) is 23.1. The van der Waals surface area contributed by atoms with E-state index in [-0.39, 0.29) is 0 Å². The third kappa shape index (κ3) is 1.94. The molecule has 0 bridgehead atoms. The van der Waals surface area contributed by atoms with Crippen molar-refractivity contribution >= 4 is 11.8 Å². The van der Waals surface area contributed by atoms with Crippen LogP contribution in [0, 0.1) is 11.8 Å². The summed E-state index contributed by atoms with van der Waals surface area (Å²) in [5.41, 5.74) is 0.0523. The topological polar surface area (TPSA) is 54.4 Å². The smallest absolute Gasteiger partial charge is 0.373 e. The zero-order valence-electron chi connectivity index (χ0n) is 10.7. The van der Waals surface area contributed by atoms with Crippen molar-refractivity contribution in [3.63, 3.8) is 0 Å². The van der Waals surface area contributed by atoms with E-state index in [1.807, 2.05) is 30.3 Å². The van der Waals surface area contributed by atoms with Crippen LogP contribution in [0.5, 0.6) is 0 Å². The first-order valence-electron chi connectivity index (χ1n) is 6.30. The average molecular weight is 246 g/mol. The van der Waals surface area contributed by atoms with Crippen molar-refractivity contribution in [2.24, 2.45) is 11.8 Å². The Kier molecular flexibility index (Phi) is 3.24. The lowest BCUT2D eigenvalue weighted by atomic mass is 9.54. The lowest BCUT2D eigenvalue weighted by Crippen LogP contribution is -2.51. The predicted molar refractivity (Wildman–Crippen MR) is 68.3 cm³/mol. The van der Waals surface area contributed by atoms with Gasteiger partial charge >= 0.3 is 5.97 Å². The molecule has 2 rings (SSSR count). The van der Waals surface area contributed by atoms with Crippen molar-refractivity contribution in [2.75, 3.05) is 0 Å². The molecule has 0 saturated heterocycles. The molecular weight excluding hydrogens is 228 g/mol. The molecule has 3 nitrogen and oxygen atoms in total. The third-order valence-corrected chi connectivity index (χ3v) is 4.12. The highest BCUT2D eigenvalue weighted by molar-refractivity contribution is 6.36. The molecule has 3 heteroatoms. The molecule has 1 aromatic rings. The van der Waals surface area contributed by atoms with Gasteiger partial charge in [-0.3, -0.25) is 4.79 Å². The summed E-state index contributed by atoms with van der Waals surface area (Å²) in [5, 5.41) is 9.02. The number of hydrogen-bond donors (Lipinski definition) is 1. The minimum absolute atomic E-state index is 0.438. The Morgan fingerprint density at radius 2 is 1.78 bits per heavy atom. The summed E-state index contributed by atoms with van der Waals surface area (Å²) in [6.45, 7) is 4.23. The van der Waals surface area contributed by atoms with Gasteiger partial charge in [0.25, 0.3) is 0 Å². The summed E-state index contributed by atoms with van der Waals surface area (Å²) in [5.74, 6) is -1.05. The number of carboxylic acid groups (broad SMARTS) is 1. The van der Waals surface area contributed by atoms with Crippen molar-refractivity contribution in [1.82, 2.24) is 0 Å². The Bertz CT molecular complexity index is 456. The summed E-state index contributed by atoms with van der Waals surface area (Å²) >= 11 is 0. The molecule has 0 radical (unpaired) electrons. The number of ketones is 1. The van der Waals surface area contributed by atoms with Crippen molar-refractivity contribution in [3.05, 3.63) is 35.9 Å². The van der Waals surface area contributed by atoms with Gasteiger partial charge in [-0.25, -0.2) is 4.79 Å². The zero-order chi connectivity index (χ0) is 13.3. The van der Waals surface area contributed by atoms with E-state index >= 15 is 0 Å². The van der Waals surface area contributed by atoms with E-state index in [1.54, 1.807) is 0 Å². The maximum Gasteiger partial charge on any atom is 0.373 e. The molecule has 0 aromatic heterocycles. The minimum Gasteiger partial charge on any atom is -0.475 e. The van der Waals surface area contributed by atoms with Crippen molar-refractivity contribution in [2.45, 2.75) is 32.1 Å². The maximum atomic E-state index is 12.0. The molecule has 1 N–H and O–H groups in total. The molecule has 1 fully saturated rings. The highest BCUT2D eigenvalue weighted by atomic mass is 16.4. The second kappa shape index (κ2) is 4.56. The van der Waals surface area contributed by atoms with Gasteiger partial charge in [0.2, 0.25) is 5.78 Å². The maximum absolute atomic E-state index is 12.0. The molecule has 0 aliphatic heterocycles. The van der Waals surface area contributed by atoms with E-state index in [2.05, 4.69) is 13.8 Å². The SMILES string of the molecule is CC(C)C1CC(C(=O)C(=O)O)(c2ccccc2)C1.